The van der Waals surface area contributed by atoms with Gasteiger partial charge in [-0.05, 0) is 0 Å². The number of alkyl halides is 16. The summed E-state index contributed by atoms with van der Waals surface area (Å²) in [6.07, 6.45) is -15.0. The second-order valence-corrected chi connectivity index (χ2v) is 6.01. The molecule has 0 aliphatic rings. The van der Waals surface area contributed by atoms with E-state index in [0.717, 1.165) is 6.92 Å². The lowest BCUT2D eigenvalue weighted by Crippen LogP contribution is -2.64. The van der Waals surface area contributed by atoms with Gasteiger partial charge in [-0.25, -0.2) is 8.78 Å². The zero-order valence-electron chi connectivity index (χ0n) is 14.0. The average molecular weight is 472 g/mol. The summed E-state index contributed by atoms with van der Waals surface area (Å²) in [4.78, 5) is 0. The van der Waals surface area contributed by atoms with Gasteiger partial charge in [0.05, 0.1) is 0 Å². The van der Waals surface area contributed by atoms with Crippen molar-refractivity contribution in [3.63, 3.8) is 0 Å². The van der Waals surface area contributed by atoms with Crippen LogP contribution in [0.25, 0.3) is 0 Å². The lowest BCUT2D eigenvalue weighted by molar-refractivity contribution is -0.386. The van der Waals surface area contributed by atoms with Crippen molar-refractivity contribution in [3.8, 4) is 0 Å². The maximum absolute atomic E-state index is 13.3. The molecule has 0 spiro atoms. The third-order valence-electron chi connectivity index (χ3n) is 3.78. The molecule has 0 N–H and O–H groups in total. The van der Waals surface area contributed by atoms with Crippen molar-refractivity contribution >= 4 is 0 Å². The van der Waals surface area contributed by atoms with Crippen LogP contribution in [0, 0.1) is 0 Å². The van der Waals surface area contributed by atoms with Crippen LogP contribution in [-0.2, 0) is 0 Å². The third kappa shape index (κ3) is 4.49. The molecule has 0 bridgehead atoms. The predicted molar refractivity (Wildman–Crippen MR) is 64.8 cm³/mol. The Balaban J connectivity index is 5.82. The molecule has 0 heterocycles. The number of hydrogen-bond donors (Lipinski definition) is 0. The molecule has 0 aromatic heterocycles. The second kappa shape index (κ2) is 7.85. The van der Waals surface area contributed by atoms with E-state index in [1.165, 1.54) is 0 Å². The summed E-state index contributed by atoms with van der Waals surface area (Å²) in [6, 6.07) is 0. The highest BCUT2D eigenvalue weighted by atomic mass is 19.4. The first-order valence-corrected chi connectivity index (χ1v) is 7.39. The van der Waals surface area contributed by atoms with E-state index < -0.39 is 73.6 Å². The van der Waals surface area contributed by atoms with E-state index >= 15 is 0 Å². The second-order valence-electron chi connectivity index (χ2n) is 6.01. The van der Waals surface area contributed by atoms with Crippen molar-refractivity contribution in [1.82, 2.24) is 0 Å². The Hall–Kier alpha value is -1.12. The van der Waals surface area contributed by atoms with Gasteiger partial charge in [-0.2, -0.15) is 61.5 Å². The van der Waals surface area contributed by atoms with Crippen LogP contribution in [0.2, 0.25) is 0 Å². The highest BCUT2D eigenvalue weighted by molar-refractivity contribution is 5.05. The van der Waals surface area contributed by atoms with Gasteiger partial charge >= 0.3 is 47.9 Å². The lowest BCUT2D eigenvalue weighted by atomic mass is 9.91. The van der Waals surface area contributed by atoms with Crippen LogP contribution in [-0.4, -0.2) is 47.9 Å². The summed E-state index contributed by atoms with van der Waals surface area (Å²) in [7, 11) is 0. The Labute approximate surface area is 152 Å². The Morgan fingerprint density at radius 2 is 0.793 bits per heavy atom. The van der Waals surface area contributed by atoms with Gasteiger partial charge in [0.25, 0.3) is 0 Å². The Morgan fingerprint density at radius 1 is 0.483 bits per heavy atom. The van der Waals surface area contributed by atoms with E-state index in [4.69, 9.17) is 0 Å². The predicted octanol–water partition coefficient (Wildman–Crippen LogP) is 7.28. The molecule has 0 radical (unpaired) electrons. The smallest absolute Gasteiger partial charge is 0.203 e. The molecular weight excluding hydrogens is 460 g/mol. The van der Waals surface area contributed by atoms with Gasteiger partial charge in [-0.3, -0.25) is 0 Å². The van der Waals surface area contributed by atoms with Crippen molar-refractivity contribution in [2.24, 2.45) is 0 Å². The first kappa shape index (κ1) is 27.9. The van der Waals surface area contributed by atoms with Crippen LogP contribution in [0.5, 0.6) is 0 Å². The molecule has 0 fully saturated rings. The molecule has 0 aliphatic heterocycles. The number of halogens is 16. The summed E-state index contributed by atoms with van der Waals surface area (Å²) in [6.45, 7) is 0.835. The maximum atomic E-state index is 13.3. The van der Waals surface area contributed by atoms with E-state index in [1.54, 1.807) is 0 Å². The SMILES string of the molecule is CCCC(F)(F)C(F)(F)C(F)(F)CCC(F)(F)C(F)(F)C(F)(F)C(F)(F)C(F)F. The molecule has 0 nitrogen and oxygen atoms in total. The minimum atomic E-state index is -7.51. The monoisotopic (exact) mass is 472 g/mol. The van der Waals surface area contributed by atoms with Gasteiger partial charge in [0, 0.05) is 19.3 Å². The quantitative estimate of drug-likeness (QED) is 0.278. The zero-order valence-corrected chi connectivity index (χ0v) is 14.0. The molecule has 0 aromatic carbocycles. The third-order valence-corrected chi connectivity index (χ3v) is 3.78. The Kier molecular flexibility index (Phi) is 7.55. The van der Waals surface area contributed by atoms with E-state index in [2.05, 4.69) is 0 Å². The fourth-order valence-corrected chi connectivity index (χ4v) is 1.94. The highest BCUT2D eigenvalue weighted by Crippen LogP contribution is 2.57. The standard InChI is InChI=1S/C13H12F16/c1-2-3-7(16,17)11(24,25)8(18,19)4-5-9(20,21)12(26,27)13(28,29)10(22,23)6(14)15/h6H,2-5H2,1H3. The van der Waals surface area contributed by atoms with E-state index in [-0.39, 0.29) is 0 Å². The van der Waals surface area contributed by atoms with Crippen molar-refractivity contribution in [2.75, 3.05) is 0 Å². The molecule has 16 heteroatoms. The molecule has 0 saturated heterocycles. The van der Waals surface area contributed by atoms with E-state index in [0.29, 0.717) is 0 Å². The van der Waals surface area contributed by atoms with Crippen LogP contribution in [0.1, 0.15) is 32.6 Å². The van der Waals surface area contributed by atoms with E-state index in [9.17, 15) is 70.2 Å². The van der Waals surface area contributed by atoms with Crippen molar-refractivity contribution in [3.05, 3.63) is 0 Å². The molecule has 176 valence electrons. The van der Waals surface area contributed by atoms with Gasteiger partial charge in [0.2, 0.25) is 0 Å². The molecule has 0 unspecified atom stereocenters. The van der Waals surface area contributed by atoms with Gasteiger partial charge in [0.15, 0.2) is 0 Å². The largest absolute Gasteiger partial charge is 0.384 e. The zero-order chi connectivity index (χ0) is 23.9. The summed E-state index contributed by atoms with van der Waals surface area (Å²) in [5.41, 5.74) is 0. The van der Waals surface area contributed by atoms with Crippen LogP contribution in [0.4, 0.5) is 70.2 Å². The summed E-state index contributed by atoms with van der Waals surface area (Å²) in [5.74, 6) is -46.8. The maximum Gasteiger partial charge on any atom is 0.384 e. The molecule has 0 rings (SSSR count). The number of hydrogen-bond acceptors (Lipinski definition) is 0. The van der Waals surface area contributed by atoms with Gasteiger partial charge in [0.1, 0.15) is 0 Å². The minimum absolute atomic E-state index is 0.818. The Bertz CT molecular complexity index is 549. The van der Waals surface area contributed by atoms with Crippen molar-refractivity contribution in [1.29, 1.82) is 0 Å². The highest BCUT2D eigenvalue weighted by Gasteiger charge is 2.83. The summed E-state index contributed by atoms with van der Waals surface area (Å²) < 4.78 is 207. The first-order valence-electron chi connectivity index (χ1n) is 7.39. The molecule has 0 atom stereocenters. The van der Waals surface area contributed by atoms with Gasteiger partial charge < -0.3 is 0 Å². The van der Waals surface area contributed by atoms with Crippen LogP contribution in [0.15, 0.2) is 0 Å². The topological polar surface area (TPSA) is 0 Å². The number of rotatable bonds is 11. The summed E-state index contributed by atoms with van der Waals surface area (Å²) >= 11 is 0. The average Bonchev–Trinajstić information content (AvgIpc) is 2.52. The van der Waals surface area contributed by atoms with Crippen LogP contribution in [0.3, 0.4) is 0 Å². The molecule has 0 amide bonds. The molecule has 0 saturated carbocycles. The lowest BCUT2D eigenvalue weighted by Gasteiger charge is -2.38. The van der Waals surface area contributed by atoms with E-state index in [1.807, 2.05) is 0 Å². The normalized spacial score (nSPS) is 15.9. The van der Waals surface area contributed by atoms with Crippen LogP contribution >= 0.6 is 0 Å². The van der Waals surface area contributed by atoms with Crippen molar-refractivity contribution < 1.29 is 70.2 Å². The molecule has 29 heavy (non-hydrogen) atoms. The molecular formula is C13H12F16. The van der Waals surface area contributed by atoms with Gasteiger partial charge in [-0.15, -0.1) is 0 Å². The molecule has 0 aromatic rings. The fraction of sp³-hybridized carbons (Fsp3) is 1.00. The van der Waals surface area contributed by atoms with Crippen LogP contribution < -0.4 is 0 Å². The van der Waals surface area contributed by atoms with Gasteiger partial charge in [-0.1, -0.05) is 13.3 Å². The minimum Gasteiger partial charge on any atom is -0.203 e. The summed E-state index contributed by atoms with van der Waals surface area (Å²) in [5, 5.41) is 0. The first-order chi connectivity index (χ1) is 12.5. The molecule has 0 aliphatic carbocycles. The fourth-order valence-electron chi connectivity index (χ4n) is 1.94. The Morgan fingerprint density at radius 3 is 1.10 bits per heavy atom. The van der Waals surface area contributed by atoms with Crippen molar-refractivity contribution in [2.45, 2.75) is 80.5 Å².